The number of tetrazole rings is 1. The number of H-pyrrole nitrogens is 1. The molecule has 3 aromatic rings. The van der Waals surface area contributed by atoms with Crippen LogP contribution in [-0.4, -0.2) is 30.4 Å². The molecule has 0 bridgehead atoms. The molecule has 1 aromatic carbocycles. The van der Waals surface area contributed by atoms with Crippen molar-refractivity contribution in [3.63, 3.8) is 0 Å². The normalized spacial score (nSPS) is 13.0. The highest BCUT2D eigenvalue weighted by Gasteiger charge is 2.25. The van der Waals surface area contributed by atoms with E-state index in [0.717, 1.165) is 30.8 Å². The maximum atomic E-state index is 4.73. The third kappa shape index (κ3) is 2.48. The van der Waals surface area contributed by atoms with E-state index in [1.807, 2.05) is 29.0 Å². The SMILES string of the molecule is C=CCC1=Cc2c(c(-c3nn[nH]n3)nn2Cc2ccccc2)C1. The molecular weight excluding hydrogens is 288 g/mol. The summed E-state index contributed by atoms with van der Waals surface area (Å²) in [5.74, 6) is 0.543. The lowest BCUT2D eigenvalue weighted by Gasteiger charge is -2.04. The van der Waals surface area contributed by atoms with Gasteiger partial charge in [-0.2, -0.15) is 10.3 Å². The number of aromatic amines is 1. The summed E-state index contributed by atoms with van der Waals surface area (Å²) in [6.07, 6.45) is 5.88. The van der Waals surface area contributed by atoms with Crippen molar-refractivity contribution in [3.8, 4) is 11.5 Å². The maximum Gasteiger partial charge on any atom is 0.225 e. The third-order valence-electron chi connectivity index (χ3n) is 3.98. The van der Waals surface area contributed by atoms with Gasteiger partial charge in [0.15, 0.2) is 0 Å². The van der Waals surface area contributed by atoms with Crippen LogP contribution in [0.2, 0.25) is 0 Å². The number of nitrogens with one attached hydrogen (secondary N) is 1. The van der Waals surface area contributed by atoms with E-state index in [9.17, 15) is 0 Å². The van der Waals surface area contributed by atoms with Gasteiger partial charge in [0.05, 0.1) is 12.2 Å². The summed E-state index contributed by atoms with van der Waals surface area (Å²) in [4.78, 5) is 0. The molecule has 0 saturated carbocycles. The second kappa shape index (κ2) is 5.64. The summed E-state index contributed by atoms with van der Waals surface area (Å²) in [5, 5.41) is 19.1. The molecule has 0 amide bonds. The van der Waals surface area contributed by atoms with Crippen LogP contribution >= 0.6 is 0 Å². The minimum atomic E-state index is 0.543. The number of rotatable bonds is 5. The van der Waals surface area contributed by atoms with Crippen LogP contribution in [0.15, 0.2) is 48.6 Å². The Kier molecular flexibility index (Phi) is 3.34. The number of fused-ring (bicyclic) bond motifs is 1. The van der Waals surface area contributed by atoms with Crippen LogP contribution in [-0.2, 0) is 13.0 Å². The number of benzene rings is 1. The molecule has 1 aliphatic rings. The predicted octanol–water partition coefficient (Wildman–Crippen LogP) is 2.63. The molecular formula is C17H16N6. The van der Waals surface area contributed by atoms with Crippen molar-refractivity contribution >= 4 is 6.08 Å². The van der Waals surface area contributed by atoms with Crippen molar-refractivity contribution in [2.75, 3.05) is 0 Å². The van der Waals surface area contributed by atoms with Crippen LogP contribution in [0.25, 0.3) is 17.6 Å². The molecule has 23 heavy (non-hydrogen) atoms. The largest absolute Gasteiger partial charge is 0.260 e. The van der Waals surface area contributed by atoms with E-state index in [-0.39, 0.29) is 0 Å². The molecule has 0 radical (unpaired) electrons. The zero-order valence-electron chi connectivity index (χ0n) is 12.6. The number of hydrogen-bond acceptors (Lipinski definition) is 4. The highest BCUT2D eigenvalue weighted by molar-refractivity contribution is 5.70. The van der Waals surface area contributed by atoms with Gasteiger partial charge < -0.3 is 0 Å². The fraction of sp³-hybridized carbons (Fsp3) is 0.176. The average molecular weight is 304 g/mol. The van der Waals surface area contributed by atoms with Crippen LogP contribution in [0.3, 0.4) is 0 Å². The van der Waals surface area contributed by atoms with Gasteiger partial charge in [-0.25, -0.2) is 0 Å². The summed E-state index contributed by atoms with van der Waals surface area (Å²) >= 11 is 0. The highest BCUT2D eigenvalue weighted by Crippen LogP contribution is 2.33. The molecule has 1 aliphatic carbocycles. The van der Waals surface area contributed by atoms with E-state index in [4.69, 9.17) is 5.10 Å². The fourth-order valence-electron chi connectivity index (χ4n) is 2.95. The summed E-state index contributed by atoms with van der Waals surface area (Å²) in [6, 6.07) is 10.3. The Balaban J connectivity index is 1.77. The van der Waals surface area contributed by atoms with Gasteiger partial charge in [-0.15, -0.1) is 16.8 Å². The van der Waals surface area contributed by atoms with E-state index in [1.54, 1.807) is 0 Å². The van der Waals surface area contributed by atoms with Gasteiger partial charge in [-0.05, 0) is 29.7 Å². The topological polar surface area (TPSA) is 72.3 Å². The highest BCUT2D eigenvalue weighted by atomic mass is 15.5. The first-order valence-corrected chi connectivity index (χ1v) is 7.53. The number of hydrogen-bond donors (Lipinski definition) is 1. The van der Waals surface area contributed by atoms with Gasteiger partial charge in [0.1, 0.15) is 5.69 Å². The van der Waals surface area contributed by atoms with Gasteiger partial charge >= 0.3 is 0 Å². The standard InChI is InChI=1S/C17H16N6/c1-2-6-13-9-14-15(10-13)23(11-12-7-4-3-5-8-12)20-16(14)17-18-21-22-19-17/h2-5,7-8,10H,1,6,9,11H2,(H,18,19,21,22). The summed E-state index contributed by atoms with van der Waals surface area (Å²) in [5.41, 5.74) is 5.65. The van der Waals surface area contributed by atoms with E-state index in [2.05, 4.69) is 45.4 Å². The average Bonchev–Trinajstić information content (AvgIpc) is 3.27. The Morgan fingerprint density at radius 3 is 2.87 bits per heavy atom. The Morgan fingerprint density at radius 1 is 1.26 bits per heavy atom. The van der Waals surface area contributed by atoms with Gasteiger partial charge in [-0.1, -0.05) is 42.0 Å². The number of aromatic nitrogens is 6. The Morgan fingerprint density at radius 2 is 2.13 bits per heavy atom. The quantitative estimate of drug-likeness (QED) is 0.735. The molecule has 0 spiro atoms. The smallest absolute Gasteiger partial charge is 0.225 e. The molecule has 0 unspecified atom stereocenters. The first kappa shape index (κ1) is 13.6. The molecule has 1 N–H and O–H groups in total. The lowest BCUT2D eigenvalue weighted by atomic mass is 10.1. The van der Waals surface area contributed by atoms with Gasteiger partial charge in [0.2, 0.25) is 5.82 Å². The second-order valence-corrected chi connectivity index (χ2v) is 5.56. The number of nitrogens with zero attached hydrogens (tertiary/aromatic N) is 5. The molecule has 0 aliphatic heterocycles. The lowest BCUT2D eigenvalue weighted by Crippen LogP contribution is -2.03. The zero-order valence-corrected chi connectivity index (χ0v) is 12.6. The predicted molar refractivity (Wildman–Crippen MR) is 87.4 cm³/mol. The molecule has 114 valence electrons. The van der Waals surface area contributed by atoms with Crippen molar-refractivity contribution in [2.24, 2.45) is 0 Å². The van der Waals surface area contributed by atoms with Gasteiger partial charge in [-0.3, -0.25) is 4.68 Å². The van der Waals surface area contributed by atoms with Gasteiger partial charge in [0, 0.05) is 5.56 Å². The van der Waals surface area contributed by atoms with Crippen molar-refractivity contribution in [1.29, 1.82) is 0 Å². The van der Waals surface area contributed by atoms with Crippen LogP contribution in [0, 0.1) is 0 Å². The minimum absolute atomic E-state index is 0.543. The maximum absolute atomic E-state index is 4.73. The van der Waals surface area contributed by atoms with E-state index in [1.165, 1.54) is 16.7 Å². The zero-order chi connectivity index (χ0) is 15.6. The van der Waals surface area contributed by atoms with Crippen molar-refractivity contribution in [2.45, 2.75) is 19.4 Å². The monoisotopic (exact) mass is 304 g/mol. The van der Waals surface area contributed by atoms with E-state index >= 15 is 0 Å². The molecule has 6 nitrogen and oxygen atoms in total. The molecule has 0 fully saturated rings. The third-order valence-corrected chi connectivity index (χ3v) is 3.98. The summed E-state index contributed by atoms with van der Waals surface area (Å²) in [6.45, 7) is 4.55. The van der Waals surface area contributed by atoms with Crippen molar-refractivity contribution in [1.82, 2.24) is 30.4 Å². The van der Waals surface area contributed by atoms with E-state index < -0.39 is 0 Å². The Hall–Kier alpha value is -3.02. The van der Waals surface area contributed by atoms with Gasteiger partial charge in [0.25, 0.3) is 0 Å². The number of allylic oxidation sites excluding steroid dienone is 2. The summed E-state index contributed by atoms with van der Waals surface area (Å²) < 4.78 is 2.02. The van der Waals surface area contributed by atoms with Crippen LogP contribution < -0.4 is 0 Å². The minimum Gasteiger partial charge on any atom is -0.260 e. The van der Waals surface area contributed by atoms with Crippen LogP contribution in [0.4, 0.5) is 0 Å². The molecule has 6 heteroatoms. The second-order valence-electron chi connectivity index (χ2n) is 5.56. The first-order valence-electron chi connectivity index (χ1n) is 7.53. The fourth-order valence-corrected chi connectivity index (χ4v) is 2.95. The van der Waals surface area contributed by atoms with Crippen molar-refractivity contribution < 1.29 is 0 Å². The van der Waals surface area contributed by atoms with Crippen molar-refractivity contribution in [3.05, 3.63) is 65.4 Å². The Labute approximate surface area is 133 Å². The molecule has 4 rings (SSSR count). The van der Waals surface area contributed by atoms with Crippen LogP contribution in [0.1, 0.15) is 23.2 Å². The van der Waals surface area contributed by atoms with Crippen LogP contribution in [0.5, 0.6) is 0 Å². The first-order chi connectivity index (χ1) is 11.3. The lowest BCUT2D eigenvalue weighted by molar-refractivity contribution is 0.681. The molecule has 0 saturated heterocycles. The summed E-state index contributed by atoms with van der Waals surface area (Å²) in [7, 11) is 0. The molecule has 2 aromatic heterocycles. The molecule has 2 heterocycles. The molecule has 0 atom stereocenters. The van der Waals surface area contributed by atoms with E-state index in [0.29, 0.717) is 5.82 Å². The Bertz CT molecular complexity index is 858.